The first-order chi connectivity index (χ1) is 13.6. The van der Waals surface area contributed by atoms with E-state index in [1.54, 1.807) is 19.1 Å². The van der Waals surface area contributed by atoms with Gasteiger partial charge in [0.25, 0.3) is 0 Å². The Kier molecular flexibility index (Phi) is 6.68. The second-order valence-corrected chi connectivity index (χ2v) is 6.89. The van der Waals surface area contributed by atoms with Gasteiger partial charge in [-0.2, -0.15) is 5.26 Å². The van der Waals surface area contributed by atoms with Crippen molar-refractivity contribution < 1.29 is 9.53 Å². The normalized spacial score (nSPS) is 20.3. The maximum Gasteiger partial charge on any atom is 0.327 e. The van der Waals surface area contributed by atoms with E-state index in [1.165, 1.54) is 4.68 Å². The molecule has 2 aromatic rings. The van der Waals surface area contributed by atoms with Crippen LogP contribution in [-0.2, 0) is 16.1 Å². The highest BCUT2D eigenvalue weighted by Crippen LogP contribution is 2.25. The van der Waals surface area contributed by atoms with Crippen molar-refractivity contribution in [3.63, 3.8) is 0 Å². The van der Waals surface area contributed by atoms with Gasteiger partial charge in [-0.25, -0.2) is 4.68 Å². The van der Waals surface area contributed by atoms with Crippen molar-refractivity contribution in [3.05, 3.63) is 41.2 Å². The third kappa shape index (κ3) is 4.71. The van der Waals surface area contributed by atoms with Crippen LogP contribution in [0.25, 0.3) is 0 Å². The number of benzene rings is 1. The van der Waals surface area contributed by atoms with Gasteiger partial charge in [0, 0.05) is 12.1 Å². The molecule has 3 unspecified atom stereocenters. The molecule has 3 atom stereocenters. The summed E-state index contributed by atoms with van der Waals surface area (Å²) in [5.41, 5.74) is 7.80. The summed E-state index contributed by atoms with van der Waals surface area (Å²) in [6.07, 6.45) is 4.17. The van der Waals surface area contributed by atoms with Crippen LogP contribution in [0, 0.1) is 11.3 Å². The Bertz CT molecular complexity index is 828. The molecule has 1 saturated carbocycles. The zero-order valence-corrected chi connectivity index (χ0v) is 15.9. The molecule has 1 heterocycles. The van der Waals surface area contributed by atoms with E-state index >= 15 is 0 Å². The van der Waals surface area contributed by atoms with Crippen LogP contribution in [0.2, 0.25) is 0 Å². The Labute approximate surface area is 163 Å². The summed E-state index contributed by atoms with van der Waals surface area (Å²) in [6, 6.07) is 9.17. The van der Waals surface area contributed by atoms with Crippen molar-refractivity contribution in [3.8, 4) is 6.07 Å². The van der Waals surface area contributed by atoms with Crippen LogP contribution in [0.3, 0.4) is 0 Å². The summed E-state index contributed by atoms with van der Waals surface area (Å²) in [4.78, 5) is 11.9. The average Bonchev–Trinajstić information content (AvgIpc) is 3.15. The first-order valence-corrected chi connectivity index (χ1v) is 9.55. The molecule has 3 N–H and O–H groups in total. The SMILES string of the molecule is CCOC(=O)Cn1nnnc1C(NC1CCCCC1N)c1ccc(C#N)cc1. The maximum atomic E-state index is 11.9. The second kappa shape index (κ2) is 9.39. The molecule has 0 spiro atoms. The average molecular weight is 383 g/mol. The highest BCUT2D eigenvalue weighted by Gasteiger charge is 2.29. The summed E-state index contributed by atoms with van der Waals surface area (Å²) < 4.78 is 6.47. The number of esters is 1. The Morgan fingerprint density at radius 3 is 2.82 bits per heavy atom. The summed E-state index contributed by atoms with van der Waals surface area (Å²) in [7, 11) is 0. The number of aromatic nitrogens is 4. The number of carbonyl (C=O) groups is 1. The third-order valence-electron chi connectivity index (χ3n) is 4.98. The third-order valence-corrected chi connectivity index (χ3v) is 4.98. The Balaban J connectivity index is 1.91. The van der Waals surface area contributed by atoms with Gasteiger partial charge < -0.3 is 10.5 Å². The summed E-state index contributed by atoms with van der Waals surface area (Å²) in [6.45, 7) is 1.98. The fraction of sp³-hybridized carbons (Fsp3) is 0.526. The number of tetrazole rings is 1. The van der Waals surface area contributed by atoms with Crippen molar-refractivity contribution in [2.24, 2.45) is 5.73 Å². The molecule has 0 aliphatic heterocycles. The highest BCUT2D eigenvalue weighted by atomic mass is 16.5. The van der Waals surface area contributed by atoms with Gasteiger partial charge in [-0.15, -0.1) is 5.10 Å². The van der Waals surface area contributed by atoms with Gasteiger partial charge in [0.05, 0.1) is 24.3 Å². The smallest absolute Gasteiger partial charge is 0.327 e. The van der Waals surface area contributed by atoms with Crippen LogP contribution in [0.5, 0.6) is 0 Å². The molecule has 0 radical (unpaired) electrons. The largest absolute Gasteiger partial charge is 0.465 e. The topological polar surface area (TPSA) is 132 Å². The first-order valence-electron chi connectivity index (χ1n) is 9.55. The monoisotopic (exact) mass is 383 g/mol. The van der Waals surface area contributed by atoms with E-state index in [-0.39, 0.29) is 24.7 Å². The first kappa shape index (κ1) is 19.9. The number of nitriles is 1. The van der Waals surface area contributed by atoms with E-state index in [9.17, 15) is 4.79 Å². The van der Waals surface area contributed by atoms with Crippen LogP contribution in [0.15, 0.2) is 24.3 Å². The van der Waals surface area contributed by atoms with Crippen LogP contribution >= 0.6 is 0 Å². The molecule has 148 valence electrons. The molecule has 9 nitrogen and oxygen atoms in total. The van der Waals surface area contributed by atoms with Crippen LogP contribution in [0.1, 0.15) is 55.6 Å². The summed E-state index contributed by atoms with van der Waals surface area (Å²) >= 11 is 0. The fourth-order valence-corrected chi connectivity index (χ4v) is 3.51. The van der Waals surface area contributed by atoms with Crippen molar-refractivity contribution in [1.29, 1.82) is 5.26 Å². The maximum absolute atomic E-state index is 11.9. The zero-order valence-electron chi connectivity index (χ0n) is 15.9. The van der Waals surface area contributed by atoms with Crippen LogP contribution < -0.4 is 11.1 Å². The minimum atomic E-state index is -0.399. The molecular formula is C19H25N7O2. The molecular weight excluding hydrogens is 358 g/mol. The molecule has 1 aromatic carbocycles. The van der Waals surface area contributed by atoms with Crippen molar-refractivity contribution in [2.75, 3.05) is 6.61 Å². The molecule has 3 rings (SSSR count). The van der Waals surface area contributed by atoms with Crippen molar-refractivity contribution >= 4 is 5.97 Å². The quantitative estimate of drug-likeness (QED) is 0.678. The molecule has 0 bridgehead atoms. The summed E-state index contributed by atoms with van der Waals surface area (Å²) in [5, 5.41) is 24.5. The van der Waals surface area contributed by atoms with E-state index in [0.29, 0.717) is 18.0 Å². The second-order valence-electron chi connectivity index (χ2n) is 6.89. The van der Waals surface area contributed by atoms with Crippen LogP contribution in [0.4, 0.5) is 0 Å². The number of hydrogen-bond donors (Lipinski definition) is 2. The number of ether oxygens (including phenoxy) is 1. The Morgan fingerprint density at radius 1 is 1.39 bits per heavy atom. The summed E-state index contributed by atoms with van der Waals surface area (Å²) in [5.74, 6) is 0.111. The van der Waals surface area contributed by atoms with Crippen molar-refractivity contribution in [2.45, 2.75) is 57.3 Å². The lowest BCUT2D eigenvalue weighted by Crippen LogP contribution is -2.49. The number of nitrogens with zero attached hydrogens (tertiary/aromatic N) is 5. The number of nitrogens with two attached hydrogens (primary N) is 1. The van der Waals surface area contributed by atoms with Gasteiger partial charge in [0.15, 0.2) is 5.82 Å². The Hall–Kier alpha value is -2.83. The van der Waals surface area contributed by atoms with E-state index in [0.717, 1.165) is 31.2 Å². The van der Waals surface area contributed by atoms with Gasteiger partial charge >= 0.3 is 5.97 Å². The van der Waals surface area contributed by atoms with E-state index in [1.807, 2.05) is 12.1 Å². The van der Waals surface area contributed by atoms with Gasteiger partial charge in [-0.1, -0.05) is 25.0 Å². The standard InChI is InChI=1S/C19H25N7O2/c1-2-28-17(27)12-26-19(23-24-25-26)18(14-9-7-13(11-20)8-10-14)22-16-6-4-3-5-15(16)21/h7-10,15-16,18,22H,2-6,12,21H2,1H3. The predicted molar refractivity (Wildman–Crippen MR) is 101 cm³/mol. The minimum absolute atomic E-state index is 0.0454. The van der Waals surface area contributed by atoms with Gasteiger partial charge in [-0.05, 0) is 47.9 Å². The zero-order chi connectivity index (χ0) is 19.9. The predicted octanol–water partition coefficient (Wildman–Crippen LogP) is 1.06. The molecule has 1 aromatic heterocycles. The molecule has 9 heteroatoms. The minimum Gasteiger partial charge on any atom is -0.465 e. The van der Waals surface area contributed by atoms with Crippen molar-refractivity contribution in [1.82, 2.24) is 25.5 Å². The van der Waals surface area contributed by atoms with Crippen LogP contribution in [-0.4, -0.2) is 44.9 Å². The fourth-order valence-electron chi connectivity index (χ4n) is 3.51. The molecule has 1 aliphatic carbocycles. The lowest BCUT2D eigenvalue weighted by molar-refractivity contribution is -0.144. The van der Waals surface area contributed by atoms with E-state index in [2.05, 4.69) is 26.9 Å². The van der Waals surface area contributed by atoms with Gasteiger partial charge in [-0.3, -0.25) is 10.1 Å². The molecule has 28 heavy (non-hydrogen) atoms. The molecule has 0 amide bonds. The number of hydrogen-bond acceptors (Lipinski definition) is 8. The lowest BCUT2D eigenvalue weighted by Gasteiger charge is -2.33. The lowest BCUT2D eigenvalue weighted by atomic mass is 9.89. The highest BCUT2D eigenvalue weighted by molar-refractivity contribution is 5.69. The molecule has 1 fully saturated rings. The van der Waals surface area contributed by atoms with E-state index in [4.69, 9.17) is 15.7 Å². The molecule has 1 aliphatic rings. The number of carbonyl (C=O) groups excluding carboxylic acids is 1. The Morgan fingerprint density at radius 2 is 2.14 bits per heavy atom. The number of nitrogens with one attached hydrogen (secondary N) is 1. The van der Waals surface area contributed by atoms with Gasteiger partial charge in [0.2, 0.25) is 0 Å². The van der Waals surface area contributed by atoms with Gasteiger partial charge in [0.1, 0.15) is 6.54 Å². The number of rotatable bonds is 7. The molecule has 0 saturated heterocycles. The van der Waals surface area contributed by atoms with E-state index < -0.39 is 5.97 Å².